The van der Waals surface area contributed by atoms with Gasteiger partial charge in [-0.15, -0.1) is 11.3 Å². The van der Waals surface area contributed by atoms with Crippen molar-refractivity contribution in [3.63, 3.8) is 0 Å². The second-order valence-electron chi connectivity index (χ2n) is 5.08. The van der Waals surface area contributed by atoms with E-state index in [0.29, 0.717) is 0 Å². The van der Waals surface area contributed by atoms with Crippen LogP contribution in [0.25, 0.3) is 0 Å². The van der Waals surface area contributed by atoms with Crippen LogP contribution >= 0.6 is 11.3 Å². The predicted molar refractivity (Wildman–Crippen MR) is 68.5 cm³/mol. The lowest BCUT2D eigenvalue weighted by molar-refractivity contribution is 0.295. The van der Waals surface area contributed by atoms with Crippen molar-refractivity contribution in [2.45, 2.75) is 44.2 Å². The third-order valence-electron chi connectivity index (χ3n) is 3.26. The maximum atomic E-state index is 6.46. The minimum absolute atomic E-state index is 0.140. The highest BCUT2D eigenvalue weighted by Crippen LogP contribution is 2.35. The average molecular weight is 239 g/mol. The molecule has 3 nitrogen and oxygen atoms in total. The summed E-state index contributed by atoms with van der Waals surface area (Å²) in [6, 6.07) is 0. The molecule has 1 aliphatic rings. The first kappa shape index (κ1) is 12.0. The van der Waals surface area contributed by atoms with Crippen LogP contribution in [0.2, 0.25) is 0 Å². The van der Waals surface area contributed by atoms with E-state index in [-0.39, 0.29) is 5.54 Å². The van der Waals surface area contributed by atoms with Crippen LogP contribution in [0.1, 0.15) is 42.8 Å². The molecule has 0 aliphatic heterocycles. The van der Waals surface area contributed by atoms with E-state index in [1.807, 2.05) is 0 Å². The van der Waals surface area contributed by atoms with Gasteiger partial charge in [0, 0.05) is 11.9 Å². The van der Waals surface area contributed by atoms with Crippen molar-refractivity contribution in [2.24, 2.45) is 5.73 Å². The number of nitrogens with zero attached hydrogens (tertiary/aromatic N) is 2. The summed E-state index contributed by atoms with van der Waals surface area (Å²) in [5, 5.41) is 3.33. The average Bonchev–Trinajstić information content (AvgIpc) is 2.67. The minimum atomic E-state index is -0.140. The van der Waals surface area contributed by atoms with Crippen molar-refractivity contribution < 1.29 is 0 Å². The van der Waals surface area contributed by atoms with Gasteiger partial charge in [0.15, 0.2) is 0 Å². The Labute approximate surface area is 102 Å². The molecule has 90 valence electrons. The molecular weight excluding hydrogens is 218 g/mol. The van der Waals surface area contributed by atoms with Crippen molar-refractivity contribution in [3.05, 3.63) is 16.1 Å². The molecule has 1 fully saturated rings. The zero-order chi connectivity index (χ0) is 11.6. The topological polar surface area (TPSA) is 42.2 Å². The van der Waals surface area contributed by atoms with Gasteiger partial charge in [-0.1, -0.05) is 19.3 Å². The fraction of sp³-hybridized carbons (Fsp3) is 0.750. The lowest BCUT2D eigenvalue weighted by atomic mass is 9.81. The second-order valence-corrected chi connectivity index (χ2v) is 6.02. The van der Waals surface area contributed by atoms with E-state index in [4.69, 9.17) is 10.7 Å². The van der Waals surface area contributed by atoms with E-state index in [2.05, 4.69) is 24.4 Å². The van der Waals surface area contributed by atoms with Gasteiger partial charge in [-0.3, -0.25) is 0 Å². The van der Waals surface area contributed by atoms with Crippen molar-refractivity contribution in [2.75, 3.05) is 14.1 Å². The molecule has 1 aliphatic carbocycles. The van der Waals surface area contributed by atoms with E-state index < -0.39 is 0 Å². The molecular formula is C12H21N3S. The zero-order valence-electron chi connectivity index (χ0n) is 10.2. The first-order chi connectivity index (χ1) is 7.60. The summed E-state index contributed by atoms with van der Waals surface area (Å²) in [6.45, 7) is 0.917. The van der Waals surface area contributed by atoms with Crippen molar-refractivity contribution in [3.8, 4) is 0 Å². The largest absolute Gasteiger partial charge is 0.320 e. The molecule has 2 rings (SSSR count). The van der Waals surface area contributed by atoms with E-state index in [9.17, 15) is 0 Å². The van der Waals surface area contributed by atoms with E-state index in [1.165, 1.54) is 24.3 Å². The van der Waals surface area contributed by atoms with Gasteiger partial charge in [-0.25, -0.2) is 4.98 Å². The minimum Gasteiger partial charge on any atom is -0.320 e. The highest BCUT2D eigenvalue weighted by atomic mass is 32.1. The normalized spacial score (nSPS) is 20.2. The first-order valence-electron chi connectivity index (χ1n) is 5.99. The van der Waals surface area contributed by atoms with E-state index >= 15 is 0 Å². The Bertz CT molecular complexity index is 340. The molecule has 0 amide bonds. The molecule has 0 radical (unpaired) electrons. The fourth-order valence-electron chi connectivity index (χ4n) is 2.32. The van der Waals surface area contributed by atoms with Crippen molar-refractivity contribution in [1.82, 2.24) is 9.88 Å². The Kier molecular flexibility index (Phi) is 3.62. The maximum absolute atomic E-state index is 6.46. The van der Waals surface area contributed by atoms with Gasteiger partial charge in [-0.2, -0.15) is 0 Å². The molecule has 2 N–H and O–H groups in total. The third kappa shape index (κ3) is 2.62. The molecule has 1 aromatic rings. The Morgan fingerprint density at radius 3 is 2.69 bits per heavy atom. The standard InChI is InChI=1S/C12H21N3S/c1-15(2)8-11-14-10(9-16-11)12(13)6-4-3-5-7-12/h9H,3-8,13H2,1-2H3. The number of rotatable bonds is 3. The monoisotopic (exact) mass is 239 g/mol. The fourth-order valence-corrected chi connectivity index (χ4v) is 3.34. The lowest BCUT2D eigenvalue weighted by Gasteiger charge is -2.31. The molecule has 0 bridgehead atoms. The molecule has 16 heavy (non-hydrogen) atoms. The van der Waals surface area contributed by atoms with Crippen LogP contribution in [0.4, 0.5) is 0 Å². The summed E-state index contributed by atoms with van der Waals surface area (Å²) in [5.74, 6) is 0. The van der Waals surface area contributed by atoms with Gasteiger partial charge in [0.05, 0.1) is 11.2 Å². The Hall–Kier alpha value is -0.450. The van der Waals surface area contributed by atoms with Crippen LogP contribution in [0, 0.1) is 0 Å². The van der Waals surface area contributed by atoms with Crippen LogP contribution in [-0.4, -0.2) is 24.0 Å². The summed E-state index contributed by atoms with van der Waals surface area (Å²) in [4.78, 5) is 6.84. The van der Waals surface area contributed by atoms with Crippen LogP contribution < -0.4 is 5.73 Å². The molecule has 1 aromatic heterocycles. The third-order valence-corrected chi connectivity index (χ3v) is 4.09. The van der Waals surface area contributed by atoms with Crippen molar-refractivity contribution in [1.29, 1.82) is 0 Å². The number of hydrogen-bond acceptors (Lipinski definition) is 4. The number of hydrogen-bond donors (Lipinski definition) is 1. The van der Waals surface area contributed by atoms with Crippen LogP contribution in [-0.2, 0) is 12.1 Å². The number of thiazole rings is 1. The van der Waals surface area contributed by atoms with Gasteiger partial charge >= 0.3 is 0 Å². The summed E-state index contributed by atoms with van der Waals surface area (Å²) in [6.07, 6.45) is 6.01. The molecule has 0 atom stereocenters. The van der Waals surface area contributed by atoms with E-state index in [0.717, 1.165) is 25.1 Å². The van der Waals surface area contributed by atoms with Gasteiger partial charge < -0.3 is 10.6 Å². The van der Waals surface area contributed by atoms with Crippen LogP contribution in [0.15, 0.2) is 5.38 Å². The Morgan fingerprint density at radius 1 is 1.38 bits per heavy atom. The maximum Gasteiger partial charge on any atom is 0.107 e. The number of nitrogens with two attached hydrogens (primary N) is 1. The van der Waals surface area contributed by atoms with Crippen LogP contribution in [0.5, 0.6) is 0 Å². The number of aromatic nitrogens is 1. The molecule has 4 heteroatoms. The zero-order valence-corrected chi connectivity index (χ0v) is 11.0. The predicted octanol–water partition coefficient (Wildman–Crippen LogP) is 2.32. The van der Waals surface area contributed by atoms with Gasteiger partial charge in [0.1, 0.15) is 5.01 Å². The van der Waals surface area contributed by atoms with Gasteiger partial charge in [-0.05, 0) is 26.9 Å². The molecule has 1 saturated carbocycles. The van der Waals surface area contributed by atoms with Crippen LogP contribution in [0.3, 0.4) is 0 Å². The van der Waals surface area contributed by atoms with Gasteiger partial charge in [0.25, 0.3) is 0 Å². The summed E-state index contributed by atoms with van der Waals surface area (Å²) in [5.41, 5.74) is 7.43. The molecule has 0 aromatic carbocycles. The summed E-state index contributed by atoms with van der Waals surface area (Å²) >= 11 is 1.74. The first-order valence-corrected chi connectivity index (χ1v) is 6.87. The molecule has 0 saturated heterocycles. The van der Waals surface area contributed by atoms with Gasteiger partial charge in [0.2, 0.25) is 0 Å². The summed E-state index contributed by atoms with van der Waals surface area (Å²) < 4.78 is 0. The smallest absolute Gasteiger partial charge is 0.107 e. The Balaban J connectivity index is 2.10. The SMILES string of the molecule is CN(C)Cc1nc(C2(N)CCCCC2)cs1. The lowest BCUT2D eigenvalue weighted by Crippen LogP contribution is -2.39. The van der Waals surface area contributed by atoms with Crippen molar-refractivity contribution >= 4 is 11.3 Å². The molecule has 0 unspecified atom stereocenters. The van der Waals surface area contributed by atoms with E-state index in [1.54, 1.807) is 11.3 Å². The second kappa shape index (κ2) is 4.82. The summed E-state index contributed by atoms with van der Waals surface area (Å²) in [7, 11) is 4.14. The quantitative estimate of drug-likeness (QED) is 0.880. The highest BCUT2D eigenvalue weighted by molar-refractivity contribution is 7.09. The highest BCUT2D eigenvalue weighted by Gasteiger charge is 2.31. The molecule has 1 heterocycles. The Morgan fingerprint density at radius 2 is 2.06 bits per heavy atom. The molecule has 0 spiro atoms.